The summed E-state index contributed by atoms with van der Waals surface area (Å²) in [6.45, 7) is 5.51. The zero-order valence-corrected chi connectivity index (χ0v) is 7.92. The van der Waals surface area contributed by atoms with Crippen molar-refractivity contribution in [3.8, 4) is 5.75 Å². The van der Waals surface area contributed by atoms with Crippen molar-refractivity contribution in [1.82, 2.24) is 4.98 Å². The van der Waals surface area contributed by atoms with Crippen molar-refractivity contribution in [1.29, 1.82) is 0 Å². The van der Waals surface area contributed by atoms with Crippen molar-refractivity contribution in [3.63, 3.8) is 0 Å². The standard InChI is InChI=1S/C9H12N2O2/c1-5-4-6(2)11-7(3)8(5)13-9(10)12/h4H,1-3H3,(H2,10,12). The predicted octanol–water partition coefficient (Wildman–Crippen LogP) is 1.46. The summed E-state index contributed by atoms with van der Waals surface area (Å²) < 4.78 is 4.81. The summed E-state index contributed by atoms with van der Waals surface area (Å²) in [5, 5.41) is 0. The molecule has 1 heterocycles. The Morgan fingerprint density at radius 2 is 2.08 bits per heavy atom. The summed E-state index contributed by atoms with van der Waals surface area (Å²) in [6.07, 6.45) is -0.808. The van der Waals surface area contributed by atoms with Crippen LogP contribution in [0.2, 0.25) is 0 Å². The minimum absolute atomic E-state index is 0.457. The lowest BCUT2D eigenvalue weighted by Gasteiger charge is -2.08. The molecule has 1 aromatic rings. The maximum atomic E-state index is 10.5. The molecule has 0 aliphatic rings. The maximum Gasteiger partial charge on any atom is 0.410 e. The van der Waals surface area contributed by atoms with E-state index in [0.717, 1.165) is 11.3 Å². The Kier molecular flexibility index (Phi) is 2.51. The Morgan fingerprint density at radius 3 is 2.54 bits per heavy atom. The first-order valence-corrected chi connectivity index (χ1v) is 3.93. The van der Waals surface area contributed by atoms with Crippen LogP contribution in [-0.2, 0) is 0 Å². The predicted molar refractivity (Wildman–Crippen MR) is 48.7 cm³/mol. The molecule has 0 fully saturated rings. The topological polar surface area (TPSA) is 65.2 Å². The van der Waals surface area contributed by atoms with Gasteiger partial charge in [0.25, 0.3) is 0 Å². The molecule has 0 aliphatic carbocycles. The monoisotopic (exact) mass is 180 g/mol. The van der Waals surface area contributed by atoms with E-state index in [2.05, 4.69) is 4.98 Å². The van der Waals surface area contributed by atoms with Crippen LogP contribution >= 0.6 is 0 Å². The number of aromatic nitrogens is 1. The van der Waals surface area contributed by atoms with Gasteiger partial charge in [-0.05, 0) is 32.4 Å². The molecular weight excluding hydrogens is 168 g/mol. The normalized spacial score (nSPS) is 9.77. The number of carbonyl (C=O) groups is 1. The van der Waals surface area contributed by atoms with Gasteiger partial charge >= 0.3 is 6.09 Å². The summed E-state index contributed by atoms with van der Waals surface area (Å²) in [5.41, 5.74) is 7.35. The van der Waals surface area contributed by atoms with Gasteiger partial charge in [0.05, 0.1) is 5.69 Å². The molecule has 1 aromatic heterocycles. The summed E-state index contributed by atoms with van der Waals surface area (Å²) >= 11 is 0. The molecule has 1 amide bonds. The van der Waals surface area contributed by atoms with Gasteiger partial charge in [-0.15, -0.1) is 0 Å². The van der Waals surface area contributed by atoms with Gasteiger partial charge < -0.3 is 10.5 Å². The molecular formula is C9H12N2O2. The second-order valence-electron chi connectivity index (χ2n) is 2.92. The van der Waals surface area contributed by atoms with Gasteiger partial charge in [-0.25, -0.2) is 4.79 Å². The van der Waals surface area contributed by atoms with Crippen LogP contribution in [-0.4, -0.2) is 11.1 Å². The van der Waals surface area contributed by atoms with E-state index in [-0.39, 0.29) is 0 Å². The van der Waals surface area contributed by atoms with Crippen LogP contribution in [0.4, 0.5) is 4.79 Å². The third-order valence-electron chi connectivity index (χ3n) is 1.66. The zero-order chi connectivity index (χ0) is 10.0. The van der Waals surface area contributed by atoms with Crippen molar-refractivity contribution in [2.75, 3.05) is 0 Å². The van der Waals surface area contributed by atoms with Crippen LogP contribution in [0.3, 0.4) is 0 Å². The molecule has 1 rings (SSSR count). The van der Waals surface area contributed by atoms with Crippen LogP contribution in [0.25, 0.3) is 0 Å². The number of primary amides is 1. The lowest BCUT2D eigenvalue weighted by molar-refractivity contribution is 0.210. The van der Waals surface area contributed by atoms with E-state index in [4.69, 9.17) is 10.5 Å². The fourth-order valence-electron chi connectivity index (χ4n) is 1.27. The summed E-state index contributed by atoms with van der Waals surface area (Å²) in [5.74, 6) is 0.457. The fraction of sp³-hybridized carbons (Fsp3) is 0.333. The van der Waals surface area contributed by atoms with Gasteiger partial charge in [-0.2, -0.15) is 0 Å². The van der Waals surface area contributed by atoms with E-state index in [0.29, 0.717) is 11.4 Å². The van der Waals surface area contributed by atoms with Gasteiger partial charge in [0.15, 0.2) is 5.75 Å². The first-order valence-electron chi connectivity index (χ1n) is 3.93. The second kappa shape index (κ2) is 3.43. The van der Waals surface area contributed by atoms with Gasteiger partial charge in [-0.3, -0.25) is 4.98 Å². The smallest absolute Gasteiger partial charge is 0.408 e. The lowest BCUT2D eigenvalue weighted by atomic mass is 10.2. The number of ether oxygens (including phenoxy) is 1. The number of pyridine rings is 1. The Hall–Kier alpha value is -1.58. The number of carbonyl (C=O) groups excluding carboxylic acids is 1. The fourth-order valence-corrected chi connectivity index (χ4v) is 1.27. The second-order valence-corrected chi connectivity index (χ2v) is 2.92. The highest BCUT2D eigenvalue weighted by Gasteiger charge is 2.08. The summed E-state index contributed by atoms with van der Waals surface area (Å²) in [4.78, 5) is 14.7. The SMILES string of the molecule is Cc1cc(C)c(OC(N)=O)c(C)n1. The van der Waals surface area contributed by atoms with Crippen molar-refractivity contribution < 1.29 is 9.53 Å². The molecule has 0 saturated carbocycles. The van der Waals surface area contributed by atoms with Gasteiger partial charge in [0.2, 0.25) is 0 Å². The molecule has 0 radical (unpaired) electrons. The number of amides is 1. The van der Waals surface area contributed by atoms with E-state index < -0.39 is 6.09 Å². The third-order valence-corrected chi connectivity index (χ3v) is 1.66. The molecule has 0 saturated heterocycles. The Balaban J connectivity index is 3.13. The summed E-state index contributed by atoms with van der Waals surface area (Å²) in [7, 11) is 0. The minimum atomic E-state index is -0.808. The van der Waals surface area contributed by atoms with Crippen LogP contribution < -0.4 is 10.5 Å². The van der Waals surface area contributed by atoms with Gasteiger partial charge in [-0.1, -0.05) is 0 Å². The van der Waals surface area contributed by atoms with Crippen molar-refractivity contribution in [2.45, 2.75) is 20.8 Å². The van der Waals surface area contributed by atoms with Gasteiger partial charge in [0.1, 0.15) is 0 Å². The average molecular weight is 180 g/mol. The molecule has 0 spiro atoms. The van der Waals surface area contributed by atoms with Gasteiger partial charge in [0, 0.05) is 5.69 Å². The van der Waals surface area contributed by atoms with Crippen molar-refractivity contribution >= 4 is 6.09 Å². The van der Waals surface area contributed by atoms with E-state index in [9.17, 15) is 4.79 Å². The third kappa shape index (κ3) is 2.18. The molecule has 0 bridgehead atoms. The van der Waals surface area contributed by atoms with E-state index in [1.165, 1.54) is 0 Å². The number of hydrogen-bond donors (Lipinski definition) is 1. The first kappa shape index (κ1) is 9.51. The molecule has 0 aliphatic heterocycles. The number of aryl methyl sites for hydroxylation is 3. The average Bonchev–Trinajstić information content (AvgIpc) is 1.96. The number of nitrogens with zero attached hydrogens (tertiary/aromatic N) is 1. The minimum Gasteiger partial charge on any atom is -0.408 e. The molecule has 13 heavy (non-hydrogen) atoms. The highest BCUT2D eigenvalue weighted by molar-refractivity contribution is 5.69. The lowest BCUT2D eigenvalue weighted by Crippen LogP contribution is -2.17. The maximum absolute atomic E-state index is 10.5. The summed E-state index contributed by atoms with van der Waals surface area (Å²) in [6, 6.07) is 1.84. The molecule has 4 heteroatoms. The molecule has 70 valence electrons. The van der Waals surface area contributed by atoms with Crippen LogP contribution in [0.5, 0.6) is 5.75 Å². The molecule has 0 unspecified atom stereocenters. The number of nitrogens with two attached hydrogens (primary N) is 1. The molecule has 0 aromatic carbocycles. The number of rotatable bonds is 1. The Morgan fingerprint density at radius 1 is 1.46 bits per heavy atom. The quantitative estimate of drug-likeness (QED) is 0.711. The Bertz CT molecular complexity index is 324. The molecule has 0 atom stereocenters. The van der Waals surface area contributed by atoms with E-state index >= 15 is 0 Å². The first-order chi connectivity index (χ1) is 6.00. The van der Waals surface area contributed by atoms with Crippen LogP contribution in [0.1, 0.15) is 17.0 Å². The van der Waals surface area contributed by atoms with Crippen molar-refractivity contribution in [2.24, 2.45) is 5.73 Å². The molecule has 2 N–H and O–H groups in total. The van der Waals surface area contributed by atoms with Crippen LogP contribution in [0, 0.1) is 20.8 Å². The van der Waals surface area contributed by atoms with Crippen molar-refractivity contribution in [3.05, 3.63) is 23.0 Å². The zero-order valence-electron chi connectivity index (χ0n) is 7.92. The largest absolute Gasteiger partial charge is 0.410 e. The van der Waals surface area contributed by atoms with E-state index in [1.807, 2.05) is 19.9 Å². The number of hydrogen-bond acceptors (Lipinski definition) is 3. The highest BCUT2D eigenvalue weighted by Crippen LogP contribution is 2.21. The molecule has 4 nitrogen and oxygen atoms in total. The Labute approximate surface area is 76.7 Å². The van der Waals surface area contributed by atoms with E-state index in [1.54, 1.807) is 6.92 Å². The highest BCUT2D eigenvalue weighted by atomic mass is 16.5. The van der Waals surface area contributed by atoms with Crippen LogP contribution in [0.15, 0.2) is 6.07 Å².